The third-order valence-electron chi connectivity index (χ3n) is 4.24. The minimum absolute atomic E-state index is 0.162. The number of nitrogens with one attached hydrogen (secondary N) is 1. The highest BCUT2D eigenvalue weighted by atomic mass is 35.5. The lowest BCUT2D eigenvalue weighted by Gasteiger charge is -2.16. The van der Waals surface area contributed by atoms with Gasteiger partial charge in [0.25, 0.3) is 0 Å². The van der Waals surface area contributed by atoms with Gasteiger partial charge in [-0.15, -0.1) is 11.8 Å². The maximum absolute atomic E-state index is 12.6. The van der Waals surface area contributed by atoms with Crippen LogP contribution in [-0.2, 0) is 20.6 Å². The van der Waals surface area contributed by atoms with E-state index in [9.17, 15) is 13.2 Å². The van der Waals surface area contributed by atoms with Gasteiger partial charge in [-0.2, -0.15) is 4.31 Å². The molecule has 1 N–H and O–H groups in total. The second-order valence-corrected chi connectivity index (χ2v) is 9.67. The van der Waals surface area contributed by atoms with E-state index in [1.54, 1.807) is 18.2 Å². The van der Waals surface area contributed by atoms with E-state index in [1.807, 2.05) is 24.3 Å². The minimum atomic E-state index is -3.49. The van der Waals surface area contributed by atoms with Crippen LogP contribution in [0.25, 0.3) is 0 Å². The van der Waals surface area contributed by atoms with Gasteiger partial charge < -0.3 is 5.32 Å². The summed E-state index contributed by atoms with van der Waals surface area (Å²) in [4.78, 5) is 12.4. The van der Waals surface area contributed by atoms with Crippen molar-refractivity contribution in [2.75, 3.05) is 24.2 Å². The SMILES string of the molecule is O=C(CSCc1ccc(Cl)cc1)Nc1cccc(S(=O)(=O)N2CCCC2)c1. The first kappa shape index (κ1) is 20.2. The zero-order valence-electron chi connectivity index (χ0n) is 14.7. The van der Waals surface area contributed by atoms with Crippen molar-refractivity contribution < 1.29 is 13.2 Å². The van der Waals surface area contributed by atoms with E-state index in [4.69, 9.17) is 11.6 Å². The highest BCUT2D eigenvalue weighted by Gasteiger charge is 2.27. The molecule has 1 amide bonds. The number of hydrogen-bond acceptors (Lipinski definition) is 4. The lowest BCUT2D eigenvalue weighted by molar-refractivity contribution is -0.113. The van der Waals surface area contributed by atoms with E-state index < -0.39 is 10.0 Å². The maximum Gasteiger partial charge on any atom is 0.243 e. The van der Waals surface area contributed by atoms with Crippen LogP contribution >= 0.6 is 23.4 Å². The number of thioether (sulfide) groups is 1. The zero-order valence-corrected chi connectivity index (χ0v) is 17.1. The number of sulfonamides is 1. The third kappa shape index (κ3) is 5.48. The van der Waals surface area contributed by atoms with Crippen molar-refractivity contribution in [1.29, 1.82) is 0 Å². The Morgan fingerprint density at radius 1 is 1.11 bits per heavy atom. The molecule has 0 aliphatic carbocycles. The smallest absolute Gasteiger partial charge is 0.243 e. The van der Waals surface area contributed by atoms with Crippen LogP contribution in [0.5, 0.6) is 0 Å². The summed E-state index contributed by atoms with van der Waals surface area (Å²) in [5, 5.41) is 3.46. The second kappa shape index (κ2) is 9.10. The van der Waals surface area contributed by atoms with Crippen LogP contribution in [0.2, 0.25) is 5.02 Å². The molecule has 1 aliphatic heterocycles. The summed E-state index contributed by atoms with van der Waals surface area (Å²) >= 11 is 7.34. The number of halogens is 1. The molecule has 0 saturated carbocycles. The van der Waals surface area contributed by atoms with Gasteiger partial charge >= 0.3 is 0 Å². The van der Waals surface area contributed by atoms with Crippen molar-refractivity contribution in [1.82, 2.24) is 4.31 Å². The van der Waals surface area contributed by atoms with E-state index in [-0.39, 0.29) is 16.6 Å². The molecule has 0 aromatic heterocycles. The first-order valence-corrected chi connectivity index (χ1v) is 11.6. The Hall–Kier alpha value is -1.54. The van der Waals surface area contributed by atoms with Crippen molar-refractivity contribution in [3.05, 3.63) is 59.1 Å². The molecule has 0 atom stereocenters. The van der Waals surface area contributed by atoms with E-state index >= 15 is 0 Å². The van der Waals surface area contributed by atoms with Gasteiger partial charge in [0.1, 0.15) is 0 Å². The standard InChI is InChI=1S/C19H21ClN2O3S2/c20-16-8-6-15(7-9-16)13-26-14-19(23)21-17-4-3-5-18(12-17)27(24,25)22-10-1-2-11-22/h3-9,12H,1-2,10-11,13-14H2,(H,21,23). The lowest BCUT2D eigenvalue weighted by Crippen LogP contribution is -2.28. The van der Waals surface area contributed by atoms with Gasteiger partial charge in [0.15, 0.2) is 0 Å². The summed E-state index contributed by atoms with van der Waals surface area (Å²) in [5.41, 5.74) is 1.59. The zero-order chi connectivity index (χ0) is 19.3. The van der Waals surface area contributed by atoms with Crippen LogP contribution in [0, 0.1) is 0 Å². The Labute approximate surface area is 169 Å². The quantitative estimate of drug-likeness (QED) is 0.729. The second-order valence-electron chi connectivity index (χ2n) is 6.31. The fourth-order valence-corrected chi connectivity index (χ4v) is 5.33. The van der Waals surface area contributed by atoms with Crippen LogP contribution in [0.3, 0.4) is 0 Å². The molecular weight excluding hydrogens is 404 g/mol. The molecule has 1 fully saturated rings. The molecule has 3 rings (SSSR count). The number of carbonyl (C=O) groups excluding carboxylic acids is 1. The van der Waals surface area contributed by atoms with Gasteiger partial charge in [-0.05, 0) is 48.7 Å². The molecule has 5 nitrogen and oxygen atoms in total. The van der Waals surface area contributed by atoms with E-state index in [1.165, 1.54) is 22.1 Å². The van der Waals surface area contributed by atoms with Gasteiger partial charge in [0.05, 0.1) is 10.6 Å². The van der Waals surface area contributed by atoms with Gasteiger partial charge in [-0.25, -0.2) is 8.42 Å². The summed E-state index contributed by atoms with van der Waals surface area (Å²) in [7, 11) is -3.49. The number of hydrogen-bond donors (Lipinski definition) is 1. The van der Waals surface area contributed by atoms with Crippen LogP contribution < -0.4 is 5.32 Å². The monoisotopic (exact) mass is 424 g/mol. The van der Waals surface area contributed by atoms with Gasteiger partial charge in [0, 0.05) is 29.6 Å². The normalized spacial score (nSPS) is 15.0. The van der Waals surface area contributed by atoms with Crippen molar-refractivity contribution in [3.8, 4) is 0 Å². The van der Waals surface area contributed by atoms with Crippen LogP contribution in [-0.4, -0.2) is 37.5 Å². The van der Waals surface area contributed by atoms with Gasteiger partial charge in [0.2, 0.25) is 15.9 Å². The molecule has 1 aliphatic rings. The molecule has 1 saturated heterocycles. The Kier molecular flexibility index (Phi) is 6.81. The van der Waals surface area contributed by atoms with Crippen molar-refractivity contribution in [3.63, 3.8) is 0 Å². The predicted molar refractivity (Wildman–Crippen MR) is 111 cm³/mol. The maximum atomic E-state index is 12.6. The summed E-state index contributed by atoms with van der Waals surface area (Å²) in [6, 6.07) is 14.0. The molecule has 0 unspecified atom stereocenters. The van der Waals surface area contributed by atoms with Crippen LogP contribution in [0.1, 0.15) is 18.4 Å². The Morgan fingerprint density at radius 3 is 2.52 bits per heavy atom. The summed E-state index contributed by atoms with van der Waals surface area (Å²) in [5.74, 6) is 0.823. The summed E-state index contributed by atoms with van der Waals surface area (Å²) < 4.78 is 26.7. The van der Waals surface area contributed by atoms with Gasteiger partial charge in [-0.3, -0.25) is 4.79 Å². The topological polar surface area (TPSA) is 66.5 Å². The molecule has 27 heavy (non-hydrogen) atoms. The molecule has 0 radical (unpaired) electrons. The summed E-state index contributed by atoms with van der Waals surface area (Å²) in [6.07, 6.45) is 1.78. The minimum Gasteiger partial charge on any atom is -0.325 e. The number of nitrogens with zero attached hydrogens (tertiary/aromatic N) is 1. The first-order valence-electron chi connectivity index (χ1n) is 8.67. The van der Waals surface area contributed by atoms with E-state index in [0.717, 1.165) is 18.4 Å². The fraction of sp³-hybridized carbons (Fsp3) is 0.316. The predicted octanol–water partition coefficient (Wildman–Crippen LogP) is 4.00. The largest absolute Gasteiger partial charge is 0.325 e. The third-order valence-corrected chi connectivity index (χ3v) is 7.39. The highest BCUT2D eigenvalue weighted by molar-refractivity contribution is 7.99. The molecule has 2 aromatic rings. The van der Waals surface area contributed by atoms with Crippen molar-refractivity contribution in [2.45, 2.75) is 23.5 Å². The molecule has 8 heteroatoms. The van der Waals surface area contributed by atoms with Crippen molar-refractivity contribution >= 4 is 45.0 Å². The van der Waals surface area contributed by atoms with E-state index in [0.29, 0.717) is 29.6 Å². The average Bonchev–Trinajstić information content (AvgIpc) is 3.19. The molecule has 144 valence electrons. The summed E-state index contributed by atoms with van der Waals surface area (Å²) in [6.45, 7) is 1.11. The van der Waals surface area contributed by atoms with E-state index in [2.05, 4.69) is 5.32 Å². The molecule has 0 bridgehead atoms. The van der Waals surface area contributed by atoms with Crippen molar-refractivity contribution in [2.24, 2.45) is 0 Å². The molecular formula is C19H21ClN2O3S2. The Bertz CT molecular complexity index is 895. The lowest BCUT2D eigenvalue weighted by atomic mass is 10.2. The number of carbonyl (C=O) groups is 1. The van der Waals surface area contributed by atoms with Gasteiger partial charge in [-0.1, -0.05) is 29.8 Å². The average molecular weight is 425 g/mol. The molecule has 0 spiro atoms. The van der Waals surface area contributed by atoms with Crippen LogP contribution in [0.4, 0.5) is 5.69 Å². The molecule has 1 heterocycles. The number of rotatable bonds is 7. The number of amides is 1. The fourth-order valence-electron chi connectivity index (χ4n) is 2.85. The molecule has 2 aromatic carbocycles. The Balaban J connectivity index is 1.55. The number of anilines is 1. The Morgan fingerprint density at radius 2 is 1.81 bits per heavy atom. The van der Waals surface area contributed by atoms with Crippen LogP contribution in [0.15, 0.2) is 53.4 Å². The first-order chi connectivity index (χ1) is 12.9. The highest BCUT2D eigenvalue weighted by Crippen LogP contribution is 2.23. The number of benzene rings is 2.